The fourth-order valence-corrected chi connectivity index (χ4v) is 1.42. The molecule has 0 saturated heterocycles. The smallest absolute Gasteiger partial charge is 0.323 e. The van der Waals surface area contributed by atoms with Crippen molar-refractivity contribution in [2.75, 3.05) is 31.5 Å². The largest absolute Gasteiger partial charge is 0.468 e. The van der Waals surface area contributed by atoms with Gasteiger partial charge in [0.1, 0.15) is 23.7 Å². The van der Waals surface area contributed by atoms with Crippen LogP contribution in [0.15, 0.2) is 0 Å². The van der Waals surface area contributed by atoms with E-state index in [0.29, 0.717) is 17.3 Å². The highest BCUT2D eigenvalue weighted by Crippen LogP contribution is 1.86. The molecule has 0 spiro atoms. The number of ketones is 2. The standard InChI is InChI=1S/C5H11NO.2C4H9NO2S.C4H9NOS/c1-3-5(6)4(2)7;2*1-7-4(6)3(5)2-8;1-3(6)4(5)2-7/h5H,3,6H2,1-2H3;2*3,8H,2,5H2,1H3;4,7H,2,5H2,1H3/t5-;2*3-;4-/m1100/s1. The van der Waals surface area contributed by atoms with E-state index in [2.05, 4.69) is 47.4 Å². The molecule has 0 aromatic rings. The Kier molecular flexibility index (Phi) is 29.8. The van der Waals surface area contributed by atoms with E-state index < -0.39 is 24.0 Å². The summed E-state index contributed by atoms with van der Waals surface area (Å²) in [7, 11) is 2.59. The molecule has 0 aromatic carbocycles. The summed E-state index contributed by atoms with van der Waals surface area (Å²) in [5.41, 5.74) is 20.8. The topological polar surface area (TPSA) is 191 Å². The van der Waals surface area contributed by atoms with Crippen molar-refractivity contribution < 1.29 is 28.7 Å². The first-order chi connectivity index (χ1) is 13.8. The fraction of sp³-hybridized carbons (Fsp3) is 0.765. The Morgan fingerprint density at radius 2 is 0.933 bits per heavy atom. The van der Waals surface area contributed by atoms with Crippen LogP contribution in [0, 0.1) is 0 Å². The van der Waals surface area contributed by atoms with Crippen LogP contribution in [0.3, 0.4) is 0 Å². The second kappa shape index (κ2) is 24.4. The molecule has 13 heteroatoms. The Bertz CT molecular complexity index is 444. The van der Waals surface area contributed by atoms with E-state index in [-0.39, 0.29) is 23.7 Å². The first-order valence-electron chi connectivity index (χ1n) is 8.82. The van der Waals surface area contributed by atoms with Crippen LogP contribution in [0.2, 0.25) is 0 Å². The van der Waals surface area contributed by atoms with Gasteiger partial charge in [-0.15, -0.1) is 0 Å². The molecule has 10 nitrogen and oxygen atoms in total. The predicted octanol–water partition coefficient (Wildman–Crippen LogP) is -1.02. The average molecular weight is 491 g/mol. The van der Waals surface area contributed by atoms with Crippen molar-refractivity contribution in [1.29, 1.82) is 0 Å². The summed E-state index contributed by atoms with van der Waals surface area (Å²) in [5, 5.41) is 0. The summed E-state index contributed by atoms with van der Waals surface area (Å²) in [6.07, 6.45) is 0.745. The number of esters is 2. The molecule has 8 N–H and O–H groups in total. The minimum absolute atomic E-state index is 0.00463. The number of carbonyl (C=O) groups is 4. The summed E-state index contributed by atoms with van der Waals surface area (Å²) in [4.78, 5) is 41.1. The van der Waals surface area contributed by atoms with Crippen LogP contribution in [0.1, 0.15) is 27.2 Å². The molecule has 0 fully saturated rings. The van der Waals surface area contributed by atoms with Gasteiger partial charge in [0.15, 0.2) is 0 Å². The SMILES string of the molecule is CC(=O)[C@@H](N)CS.CC[C@@H](N)C(C)=O.COC(=O)[C@@H](N)CS.COC(=O)[C@H](N)CS. The Hall–Kier alpha value is -0.830. The minimum atomic E-state index is -0.580. The molecule has 0 aliphatic heterocycles. The van der Waals surface area contributed by atoms with Gasteiger partial charge < -0.3 is 32.4 Å². The van der Waals surface area contributed by atoms with Gasteiger partial charge in [0.25, 0.3) is 0 Å². The Morgan fingerprint density at radius 1 is 0.667 bits per heavy atom. The molecule has 180 valence electrons. The maximum atomic E-state index is 10.3. The van der Waals surface area contributed by atoms with Gasteiger partial charge in [0.05, 0.1) is 26.3 Å². The van der Waals surface area contributed by atoms with Gasteiger partial charge in [0, 0.05) is 17.3 Å². The van der Waals surface area contributed by atoms with Crippen molar-refractivity contribution in [2.24, 2.45) is 22.9 Å². The first kappa shape index (κ1) is 36.5. The fourth-order valence-electron chi connectivity index (χ4n) is 0.868. The summed E-state index contributed by atoms with van der Waals surface area (Å²) in [6.45, 7) is 4.86. The van der Waals surface area contributed by atoms with Gasteiger partial charge in [0.2, 0.25) is 0 Å². The number of nitrogens with two attached hydrogens (primary N) is 4. The third-order valence-electron chi connectivity index (χ3n) is 3.08. The molecule has 0 aromatic heterocycles. The molecule has 0 saturated carbocycles. The van der Waals surface area contributed by atoms with Gasteiger partial charge in [-0.25, -0.2) is 0 Å². The number of ether oxygens (including phenoxy) is 2. The number of hydrogen-bond acceptors (Lipinski definition) is 13. The monoisotopic (exact) mass is 490 g/mol. The maximum absolute atomic E-state index is 10.3. The molecular formula is C17H38N4O6S3. The van der Waals surface area contributed by atoms with Gasteiger partial charge in [-0.2, -0.15) is 37.9 Å². The number of rotatable bonds is 8. The number of carbonyl (C=O) groups excluding carboxylic acids is 4. The van der Waals surface area contributed by atoms with Crippen molar-refractivity contribution in [3.05, 3.63) is 0 Å². The third-order valence-corrected chi connectivity index (χ3v) is 4.26. The summed E-state index contributed by atoms with van der Waals surface area (Å²) in [6, 6.07) is -1.77. The summed E-state index contributed by atoms with van der Waals surface area (Å²) < 4.78 is 8.58. The van der Waals surface area contributed by atoms with E-state index in [4.69, 9.17) is 22.9 Å². The molecule has 0 aliphatic carbocycles. The Labute approximate surface area is 195 Å². The van der Waals surface area contributed by atoms with Crippen molar-refractivity contribution in [3.63, 3.8) is 0 Å². The number of thiol groups is 3. The van der Waals surface area contributed by atoms with E-state index in [1.165, 1.54) is 28.1 Å². The van der Waals surface area contributed by atoms with Crippen LogP contribution in [-0.4, -0.2) is 79.2 Å². The molecule has 0 rings (SSSR count). The molecule has 0 aliphatic rings. The van der Waals surface area contributed by atoms with Crippen LogP contribution >= 0.6 is 37.9 Å². The van der Waals surface area contributed by atoms with E-state index in [0.717, 1.165) is 6.42 Å². The van der Waals surface area contributed by atoms with Gasteiger partial charge >= 0.3 is 11.9 Å². The van der Waals surface area contributed by atoms with E-state index >= 15 is 0 Å². The minimum Gasteiger partial charge on any atom is -0.468 e. The van der Waals surface area contributed by atoms with Crippen LogP contribution in [0.4, 0.5) is 0 Å². The zero-order chi connectivity index (χ0) is 24.9. The van der Waals surface area contributed by atoms with E-state index in [9.17, 15) is 19.2 Å². The van der Waals surface area contributed by atoms with Crippen molar-refractivity contribution in [2.45, 2.75) is 51.4 Å². The number of Topliss-reactive ketones (excluding diaryl/α,β-unsaturated/α-hetero) is 2. The zero-order valence-electron chi connectivity index (χ0n) is 18.2. The lowest BCUT2D eigenvalue weighted by atomic mass is 10.2. The normalized spacial score (nSPS) is 13.2. The molecule has 4 atom stereocenters. The molecule has 0 bridgehead atoms. The molecule has 0 heterocycles. The number of methoxy groups -OCH3 is 2. The van der Waals surface area contributed by atoms with Crippen LogP contribution in [0.25, 0.3) is 0 Å². The maximum Gasteiger partial charge on any atom is 0.323 e. The molecule has 30 heavy (non-hydrogen) atoms. The molecule has 0 unspecified atom stereocenters. The van der Waals surface area contributed by atoms with Gasteiger partial charge in [-0.3, -0.25) is 19.2 Å². The third kappa shape index (κ3) is 25.2. The molecular weight excluding hydrogens is 452 g/mol. The Morgan fingerprint density at radius 3 is 0.967 bits per heavy atom. The summed E-state index contributed by atoms with van der Waals surface area (Å²) in [5.74, 6) is 0.326. The average Bonchev–Trinajstić information content (AvgIpc) is 2.76. The second-order valence-corrected chi connectivity index (χ2v) is 6.75. The predicted molar refractivity (Wildman–Crippen MR) is 129 cm³/mol. The molecule has 0 radical (unpaired) electrons. The first-order valence-corrected chi connectivity index (χ1v) is 10.7. The summed E-state index contributed by atoms with van der Waals surface area (Å²) >= 11 is 11.4. The van der Waals surface area contributed by atoms with Crippen LogP contribution in [-0.2, 0) is 28.7 Å². The highest BCUT2D eigenvalue weighted by molar-refractivity contribution is 7.80. The second-order valence-electron chi connectivity index (χ2n) is 5.65. The van der Waals surface area contributed by atoms with Crippen LogP contribution in [0.5, 0.6) is 0 Å². The Balaban J connectivity index is -0.000000151. The highest BCUT2D eigenvalue weighted by atomic mass is 32.1. The quantitative estimate of drug-likeness (QED) is 0.164. The van der Waals surface area contributed by atoms with Crippen molar-refractivity contribution in [3.8, 4) is 0 Å². The molecule has 0 amide bonds. The van der Waals surface area contributed by atoms with Gasteiger partial charge in [-0.1, -0.05) is 6.92 Å². The van der Waals surface area contributed by atoms with Crippen LogP contribution < -0.4 is 22.9 Å². The van der Waals surface area contributed by atoms with E-state index in [1.54, 1.807) is 0 Å². The lowest BCUT2D eigenvalue weighted by Crippen LogP contribution is -2.32. The van der Waals surface area contributed by atoms with Gasteiger partial charge in [-0.05, 0) is 20.3 Å². The van der Waals surface area contributed by atoms with E-state index in [1.807, 2.05) is 6.92 Å². The van der Waals surface area contributed by atoms with Crippen molar-refractivity contribution in [1.82, 2.24) is 0 Å². The van der Waals surface area contributed by atoms with Crippen molar-refractivity contribution >= 4 is 61.4 Å². The highest BCUT2D eigenvalue weighted by Gasteiger charge is 2.10. The lowest BCUT2D eigenvalue weighted by Gasteiger charge is -2.02. The zero-order valence-corrected chi connectivity index (χ0v) is 20.9. The number of hydrogen-bond donors (Lipinski definition) is 7. The lowest BCUT2D eigenvalue weighted by molar-refractivity contribution is -0.142.